The van der Waals surface area contributed by atoms with E-state index < -0.39 is 29.6 Å². The molecule has 12 heteroatoms. The topological polar surface area (TPSA) is 140 Å². The Morgan fingerprint density at radius 1 is 1.22 bits per heavy atom. The molecule has 32 heavy (non-hydrogen) atoms. The number of halogens is 1. The number of nitrogens with zero attached hydrogens (tertiary/aromatic N) is 4. The number of aromatic nitrogens is 3. The summed E-state index contributed by atoms with van der Waals surface area (Å²) in [6.07, 6.45) is 4.45. The van der Waals surface area contributed by atoms with E-state index >= 15 is 0 Å². The molecule has 1 unspecified atom stereocenters. The highest BCUT2D eigenvalue weighted by Crippen LogP contribution is 2.34. The monoisotopic (exact) mass is 464 g/mol. The van der Waals surface area contributed by atoms with Gasteiger partial charge in [-0.2, -0.15) is 0 Å². The Balaban J connectivity index is 1.73. The van der Waals surface area contributed by atoms with Crippen molar-refractivity contribution in [3.05, 3.63) is 35.6 Å². The van der Waals surface area contributed by atoms with Crippen LogP contribution < -0.4 is 10.7 Å². The Kier molecular flexibility index (Phi) is 7.29. The average molecular weight is 465 g/mol. The van der Waals surface area contributed by atoms with Gasteiger partial charge < -0.3 is 14.5 Å². The summed E-state index contributed by atoms with van der Waals surface area (Å²) in [5.41, 5.74) is 1.60. The van der Waals surface area contributed by atoms with Gasteiger partial charge in [0.1, 0.15) is 11.4 Å². The van der Waals surface area contributed by atoms with E-state index in [1.54, 1.807) is 20.8 Å². The highest BCUT2D eigenvalue weighted by atomic mass is 35.5. The number of anilines is 1. The molecule has 3 rings (SSSR count). The van der Waals surface area contributed by atoms with Crippen LogP contribution in [0.1, 0.15) is 58.3 Å². The van der Waals surface area contributed by atoms with Gasteiger partial charge in [0.15, 0.2) is 0 Å². The van der Waals surface area contributed by atoms with Gasteiger partial charge in [-0.1, -0.05) is 18.0 Å². The van der Waals surface area contributed by atoms with Crippen LogP contribution in [-0.4, -0.2) is 49.7 Å². The fourth-order valence-corrected chi connectivity index (χ4v) is 3.47. The Morgan fingerprint density at radius 3 is 2.62 bits per heavy atom. The van der Waals surface area contributed by atoms with Gasteiger partial charge in [-0.3, -0.25) is 15.0 Å². The van der Waals surface area contributed by atoms with Crippen molar-refractivity contribution in [2.75, 3.05) is 5.32 Å². The molecule has 0 aromatic carbocycles. The first-order valence-corrected chi connectivity index (χ1v) is 10.5. The number of hydrogen-bond donors (Lipinski definition) is 2. The van der Waals surface area contributed by atoms with Crippen LogP contribution in [0, 0.1) is 0 Å². The predicted octanol–water partition coefficient (Wildman–Crippen LogP) is 3.05. The van der Waals surface area contributed by atoms with Gasteiger partial charge in [-0.25, -0.2) is 14.8 Å². The summed E-state index contributed by atoms with van der Waals surface area (Å²) >= 11 is 5.77. The van der Waals surface area contributed by atoms with E-state index in [1.807, 2.05) is 0 Å². The molecule has 0 radical (unpaired) electrons. The quantitative estimate of drug-likeness (QED) is 0.521. The lowest BCUT2D eigenvalue weighted by Gasteiger charge is -2.36. The van der Waals surface area contributed by atoms with Crippen LogP contribution in [0.4, 0.5) is 10.6 Å². The van der Waals surface area contributed by atoms with Crippen molar-refractivity contribution in [1.82, 2.24) is 25.6 Å². The molecule has 1 saturated carbocycles. The number of pyridine rings is 1. The van der Waals surface area contributed by atoms with E-state index in [0.29, 0.717) is 23.8 Å². The zero-order chi connectivity index (χ0) is 23.3. The summed E-state index contributed by atoms with van der Waals surface area (Å²) in [7, 11) is 0. The van der Waals surface area contributed by atoms with Crippen molar-refractivity contribution >= 4 is 35.3 Å². The van der Waals surface area contributed by atoms with E-state index in [9.17, 15) is 14.4 Å². The molecule has 3 amide bonds. The molecule has 1 aliphatic carbocycles. The van der Waals surface area contributed by atoms with Gasteiger partial charge in [0.25, 0.3) is 0 Å². The largest absolute Gasteiger partial charge is 0.442 e. The highest BCUT2D eigenvalue weighted by molar-refractivity contribution is 6.39. The van der Waals surface area contributed by atoms with Crippen LogP contribution in [0.25, 0.3) is 0 Å². The lowest BCUT2D eigenvalue weighted by atomic mass is 9.85. The molecule has 0 bridgehead atoms. The second-order valence-corrected chi connectivity index (χ2v) is 8.84. The highest BCUT2D eigenvalue weighted by Gasteiger charge is 2.36. The van der Waals surface area contributed by atoms with Gasteiger partial charge in [0.05, 0.1) is 11.1 Å². The van der Waals surface area contributed by atoms with Crippen molar-refractivity contribution < 1.29 is 23.5 Å². The summed E-state index contributed by atoms with van der Waals surface area (Å²) in [4.78, 5) is 41.7. The molecule has 11 nitrogen and oxygen atoms in total. The lowest BCUT2D eigenvalue weighted by Crippen LogP contribution is -2.56. The van der Waals surface area contributed by atoms with Gasteiger partial charge >= 0.3 is 17.9 Å². The third kappa shape index (κ3) is 6.39. The molecule has 2 N–H and O–H groups in total. The molecule has 2 atom stereocenters. The number of carbonyl (C=O) groups excluding carboxylic acids is 3. The Morgan fingerprint density at radius 2 is 2.00 bits per heavy atom. The van der Waals surface area contributed by atoms with Crippen molar-refractivity contribution in [2.45, 2.75) is 64.0 Å². The number of hydrazine groups is 1. The van der Waals surface area contributed by atoms with Gasteiger partial charge in [0, 0.05) is 12.1 Å². The first-order valence-electron chi connectivity index (χ1n) is 10.1. The number of rotatable bonds is 3. The molecule has 2 aromatic rings. The van der Waals surface area contributed by atoms with E-state index in [1.165, 1.54) is 24.7 Å². The van der Waals surface area contributed by atoms with Crippen LogP contribution >= 0.6 is 11.6 Å². The van der Waals surface area contributed by atoms with Crippen molar-refractivity contribution in [1.29, 1.82) is 0 Å². The maximum absolute atomic E-state index is 12.9. The molecule has 0 saturated heterocycles. The second kappa shape index (κ2) is 9.94. The smallest absolute Gasteiger partial charge is 0.429 e. The minimum absolute atomic E-state index is 0.0785. The molecule has 0 aliphatic heterocycles. The summed E-state index contributed by atoms with van der Waals surface area (Å²) in [6.45, 7) is 5.14. The molecular weight excluding hydrogens is 440 g/mol. The summed E-state index contributed by atoms with van der Waals surface area (Å²) in [5.74, 6) is -1.49. The molecule has 0 spiro atoms. The Labute approximate surface area is 189 Å². The first-order chi connectivity index (χ1) is 15.1. The summed E-state index contributed by atoms with van der Waals surface area (Å²) < 4.78 is 10.8. The fourth-order valence-electron chi connectivity index (χ4n) is 3.36. The summed E-state index contributed by atoms with van der Waals surface area (Å²) in [5, 5.41) is 11.5. The number of nitrogens with one attached hydrogen (secondary N) is 2. The minimum atomic E-state index is -1.03. The third-order valence-corrected chi connectivity index (χ3v) is 4.95. The number of ether oxygens (including phenoxy) is 1. The van der Waals surface area contributed by atoms with E-state index in [4.69, 9.17) is 20.8 Å². The zero-order valence-electron chi connectivity index (χ0n) is 18.0. The van der Waals surface area contributed by atoms with Crippen LogP contribution in [0.15, 0.2) is 29.1 Å². The van der Waals surface area contributed by atoms with Crippen LogP contribution in [0.2, 0.25) is 5.02 Å². The predicted molar refractivity (Wildman–Crippen MR) is 113 cm³/mol. The Hall–Kier alpha value is -3.21. The van der Waals surface area contributed by atoms with Crippen LogP contribution in [0.3, 0.4) is 0 Å². The number of hydrogen-bond acceptors (Lipinski definition) is 8. The average Bonchev–Trinajstić information content (AvgIpc) is 3.27. The number of amides is 3. The molecule has 2 aromatic heterocycles. The molecule has 1 aliphatic rings. The molecule has 172 valence electrons. The van der Waals surface area contributed by atoms with Gasteiger partial charge in [-0.15, -0.1) is 10.2 Å². The molecular formula is C20H25ClN6O5. The van der Waals surface area contributed by atoms with E-state index in [0.717, 1.165) is 17.9 Å². The minimum Gasteiger partial charge on any atom is -0.442 e. The van der Waals surface area contributed by atoms with Crippen LogP contribution in [-0.2, 0) is 14.3 Å². The van der Waals surface area contributed by atoms with Crippen molar-refractivity contribution in [3.63, 3.8) is 0 Å². The Bertz CT molecular complexity index is 944. The zero-order valence-corrected chi connectivity index (χ0v) is 18.8. The van der Waals surface area contributed by atoms with Gasteiger partial charge in [-0.05, 0) is 52.2 Å². The maximum atomic E-state index is 12.9. The van der Waals surface area contributed by atoms with Crippen molar-refractivity contribution in [3.8, 4) is 0 Å². The molecule has 2 heterocycles. The SMILES string of the molecule is CC(C)(C)OC(=O)N(NC(=O)C(=O)Nc1ccc(Cl)cn1)C1CCC[C@H](c2nnco2)C1. The fraction of sp³-hybridized carbons (Fsp3) is 0.500. The summed E-state index contributed by atoms with van der Waals surface area (Å²) in [6, 6.07) is 2.55. The lowest BCUT2D eigenvalue weighted by molar-refractivity contribution is -0.140. The van der Waals surface area contributed by atoms with E-state index in [-0.39, 0.29) is 11.7 Å². The first kappa shape index (κ1) is 23.5. The normalized spacial score (nSPS) is 18.5. The van der Waals surface area contributed by atoms with Crippen molar-refractivity contribution in [2.24, 2.45) is 0 Å². The standard InChI is InChI=1S/C20H25ClN6O5/c1-20(2,3)32-19(30)27(14-6-4-5-12(9-14)18-25-23-11-31-18)26-17(29)16(28)24-15-8-7-13(21)10-22-15/h7-8,10-12,14H,4-6,9H2,1-3H3,(H,26,29)(H,22,24,28)/t12-,14?/m0/s1. The molecule has 1 fully saturated rings. The maximum Gasteiger partial charge on any atom is 0.429 e. The third-order valence-electron chi connectivity index (χ3n) is 4.73. The van der Waals surface area contributed by atoms with Gasteiger partial charge in [0.2, 0.25) is 12.3 Å². The van der Waals surface area contributed by atoms with Crippen LogP contribution in [0.5, 0.6) is 0 Å². The van der Waals surface area contributed by atoms with E-state index in [2.05, 4.69) is 25.9 Å². The second-order valence-electron chi connectivity index (χ2n) is 8.40. The number of carbonyl (C=O) groups is 3.